The molecule has 2 N–H and O–H groups in total. The fourth-order valence-corrected chi connectivity index (χ4v) is 3.14. The molecule has 0 saturated carbocycles. The summed E-state index contributed by atoms with van der Waals surface area (Å²) in [5.41, 5.74) is 0.462. The molecule has 0 aliphatic heterocycles. The monoisotopic (exact) mass is 399 g/mol. The average Bonchev–Trinajstić information content (AvgIpc) is 2.69. The second kappa shape index (κ2) is 7.80. The summed E-state index contributed by atoms with van der Waals surface area (Å²) in [6.45, 7) is 0. The van der Waals surface area contributed by atoms with Gasteiger partial charge in [-0.3, -0.25) is 14.9 Å². The molecule has 0 bridgehead atoms. The Morgan fingerprint density at radius 2 is 1.57 bits per heavy atom. The molecule has 0 spiro atoms. The van der Waals surface area contributed by atoms with Crippen LogP contribution in [0.15, 0.2) is 71.9 Å². The summed E-state index contributed by atoms with van der Waals surface area (Å²) in [7, 11) is -3.88. The Morgan fingerprint density at radius 1 is 0.964 bits per heavy atom. The Bertz CT molecular complexity index is 1100. The predicted octanol–water partition coefficient (Wildman–Crippen LogP) is 2.44. The largest absolute Gasteiger partial charge is 0.322 e. The zero-order valence-electron chi connectivity index (χ0n) is 14.1. The number of sulfonamides is 1. The van der Waals surface area contributed by atoms with Crippen molar-refractivity contribution in [1.82, 2.24) is 9.97 Å². The van der Waals surface area contributed by atoms with Crippen molar-refractivity contribution in [3.05, 3.63) is 82.7 Å². The molecule has 1 amide bonds. The Morgan fingerprint density at radius 3 is 2.14 bits per heavy atom. The van der Waals surface area contributed by atoms with Gasteiger partial charge in [0.25, 0.3) is 21.6 Å². The number of nitro groups is 1. The standard InChI is InChI=1S/C17H13N5O5S/c23-16(12-2-6-14(7-3-12)22(24)25)20-13-4-8-15(9-5-13)28(26,27)21-17-18-10-1-11-19-17/h1-11H,(H,20,23)(H,18,19,21). The fourth-order valence-electron chi connectivity index (χ4n) is 2.19. The number of nitrogens with zero attached hydrogens (tertiary/aromatic N) is 3. The van der Waals surface area contributed by atoms with Crippen LogP contribution in [0, 0.1) is 10.1 Å². The van der Waals surface area contributed by atoms with Crippen LogP contribution in [0.3, 0.4) is 0 Å². The number of carbonyl (C=O) groups is 1. The van der Waals surface area contributed by atoms with Gasteiger partial charge in [0.1, 0.15) is 0 Å². The highest BCUT2D eigenvalue weighted by Gasteiger charge is 2.16. The molecule has 28 heavy (non-hydrogen) atoms. The number of hydrogen-bond acceptors (Lipinski definition) is 7. The minimum absolute atomic E-state index is 0.0340. The molecule has 0 fully saturated rings. The van der Waals surface area contributed by atoms with Crippen LogP contribution in [0.5, 0.6) is 0 Å². The quantitative estimate of drug-likeness (QED) is 0.478. The van der Waals surface area contributed by atoms with Crippen LogP contribution in [0.1, 0.15) is 10.4 Å². The van der Waals surface area contributed by atoms with E-state index in [-0.39, 0.29) is 22.1 Å². The number of hydrogen-bond donors (Lipinski definition) is 2. The van der Waals surface area contributed by atoms with Crippen LogP contribution in [-0.2, 0) is 10.0 Å². The molecule has 2 aromatic carbocycles. The lowest BCUT2D eigenvalue weighted by Crippen LogP contribution is -2.15. The minimum atomic E-state index is -3.88. The number of carbonyl (C=O) groups excluding carboxylic acids is 1. The van der Waals surface area contributed by atoms with E-state index in [4.69, 9.17) is 0 Å². The molecule has 0 saturated heterocycles. The number of rotatable bonds is 6. The number of nitro benzene ring substituents is 1. The van der Waals surface area contributed by atoms with Crippen LogP contribution < -0.4 is 10.0 Å². The molecule has 0 radical (unpaired) electrons. The zero-order chi connectivity index (χ0) is 20.1. The number of non-ortho nitro benzene ring substituents is 1. The van der Waals surface area contributed by atoms with Gasteiger partial charge in [-0.2, -0.15) is 0 Å². The van der Waals surface area contributed by atoms with Gasteiger partial charge in [0.05, 0.1) is 9.82 Å². The number of aromatic nitrogens is 2. The molecular weight excluding hydrogens is 386 g/mol. The van der Waals surface area contributed by atoms with Gasteiger partial charge in [-0.1, -0.05) is 0 Å². The van der Waals surface area contributed by atoms with E-state index in [0.717, 1.165) is 0 Å². The molecule has 10 nitrogen and oxygen atoms in total. The van der Waals surface area contributed by atoms with E-state index in [0.29, 0.717) is 5.69 Å². The highest BCUT2D eigenvalue weighted by atomic mass is 32.2. The van der Waals surface area contributed by atoms with E-state index in [9.17, 15) is 23.3 Å². The smallest absolute Gasteiger partial charge is 0.269 e. The Balaban J connectivity index is 1.70. The average molecular weight is 399 g/mol. The van der Waals surface area contributed by atoms with Crippen molar-refractivity contribution in [2.24, 2.45) is 0 Å². The molecule has 1 aromatic heterocycles. The summed E-state index contributed by atoms with van der Waals surface area (Å²) >= 11 is 0. The SMILES string of the molecule is O=C(Nc1ccc(S(=O)(=O)Nc2ncccn2)cc1)c1ccc([N+](=O)[O-])cc1. The second-order valence-corrected chi connectivity index (χ2v) is 7.14. The first-order valence-electron chi connectivity index (χ1n) is 7.81. The van der Waals surface area contributed by atoms with Crippen molar-refractivity contribution in [1.29, 1.82) is 0 Å². The van der Waals surface area contributed by atoms with Crippen LogP contribution >= 0.6 is 0 Å². The molecular formula is C17H13N5O5S. The van der Waals surface area contributed by atoms with Crippen molar-refractivity contribution >= 4 is 33.3 Å². The lowest BCUT2D eigenvalue weighted by Gasteiger charge is -2.08. The maximum Gasteiger partial charge on any atom is 0.269 e. The molecule has 0 atom stereocenters. The molecule has 11 heteroatoms. The molecule has 0 aliphatic rings. The zero-order valence-corrected chi connectivity index (χ0v) is 15.0. The van der Waals surface area contributed by atoms with Gasteiger partial charge in [-0.15, -0.1) is 0 Å². The van der Waals surface area contributed by atoms with Gasteiger partial charge in [0, 0.05) is 35.8 Å². The van der Waals surface area contributed by atoms with Crippen molar-refractivity contribution < 1.29 is 18.1 Å². The van der Waals surface area contributed by atoms with Crippen molar-refractivity contribution in [2.75, 3.05) is 10.0 Å². The van der Waals surface area contributed by atoms with Crippen molar-refractivity contribution in [2.45, 2.75) is 4.90 Å². The number of anilines is 2. The second-order valence-electron chi connectivity index (χ2n) is 5.46. The summed E-state index contributed by atoms with van der Waals surface area (Å²) in [5, 5.41) is 13.2. The van der Waals surface area contributed by atoms with Gasteiger partial charge in [-0.05, 0) is 42.5 Å². The first kappa shape index (κ1) is 18.9. The van der Waals surface area contributed by atoms with E-state index in [1.54, 1.807) is 6.07 Å². The molecule has 0 unspecified atom stereocenters. The highest BCUT2D eigenvalue weighted by Crippen LogP contribution is 2.18. The van der Waals surface area contributed by atoms with E-state index < -0.39 is 20.9 Å². The van der Waals surface area contributed by atoms with Gasteiger partial charge in [-0.25, -0.2) is 23.1 Å². The van der Waals surface area contributed by atoms with E-state index >= 15 is 0 Å². The minimum Gasteiger partial charge on any atom is -0.322 e. The molecule has 142 valence electrons. The van der Waals surface area contributed by atoms with Gasteiger partial charge in [0.15, 0.2) is 0 Å². The van der Waals surface area contributed by atoms with Crippen LogP contribution in [0.25, 0.3) is 0 Å². The number of benzene rings is 2. The first-order chi connectivity index (χ1) is 13.3. The highest BCUT2D eigenvalue weighted by molar-refractivity contribution is 7.92. The lowest BCUT2D eigenvalue weighted by molar-refractivity contribution is -0.384. The van der Waals surface area contributed by atoms with Crippen molar-refractivity contribution in [3.63, 3.8) is 0 Å². The van der Waals surface area contributed by atoms with Crippen LogP contribution in [-0.4, -0.2) is 29.2 Å². The molecule has 0 aliphatic carbocycles. The van der Waals surface area contributed by atoms with Crippen LogP contribution in [0.4, 0.5) is 17.3 Å². The summed E-state index contributed by atoms with van der Waals surface area (Å²) in [5.74, 6) is -0.542. The molecule has 3 rings (SSSR count). The maximum atomic E-state index is 12.3. The fraction of sp³-hybridized carbons (Fsp3) is 0. The Labute approximate surface area is 159 Å². The van der Waals surface area contributed by atoms with Crippen LogP contribution in [0.2, 0.25) is 0 Å². The molecule has 3 aromatic rings. The third-order valence-electron chi connectivity index (χ3n) is 3.55. The lowest BCUT2D eigenvalue weighted by atomic mass is 10.2. The topological polar surface area (TPSA) is 144 Å². The third-order valence-corrected chi connectivity index (χ3v) is 4.90. The number of nitrogens with one attached hydrogen (secondary N) is 2. The summed E-state index contributed by atoms with van der Waals surface area (Å²) < 4.78 is 26.9. The molecule has 1 heterocycles. The normalized spacial score (nSPS) is 10.9. The van der Waals surface area contributed by atoms with Gasteiger partial charge >= 0.3 is 0 Å². The number of amides is 1. The maximum absolute atomic E-state index is 12.3. The summed E-state index contributed by atoms with van der Waals surface area (Å²) in [6.07, 6.45) is 2.81. The van der Waals surface area contributed by atoms with E-state index in [1.165, 1.54) is 60.9 Å². The van der Waals surface area contributed by atoms with Gasteiger partial charge < -0.3 is 5.32 Å². The predicted molar refractivity (Wildman–Crippen MR) is 100 cm³/mol. The summed E-state index contributed by atoms with van der Waals surface area (Å²) in [4.78, 5) is 29.8. The van der Waals surface area contributed by atoms with Gasteiger partial charge in [0.2, 0.25) is 5.95 Å². The summed E-state index contributed by atoms with van der Waals surface area (Å²) in [6, 6.07) is 12.1. The van der Waals surface area contributed by atoms with Crippen molar-refractivity contribution in [3.8, 4) is 0 Å². The Kier molecular flexibility index (Phi) is 5.27. The van der Waals surface area contributed by atoms with E-state index in [1.807, 2.05) is 0 Å². The van der Waals surface area contributed by atoms with E-state index in [2.05, 4.69) is 20.0 Å². The first-order valence-corrected chi connectivity index (χ1v) is 9.29. The Hall–Kier alpha value is -3.86. The third kappa shape index (κ3) is 4.45.